The maximum Gasteiger partial charge on any atom is 0.240 e. The molecule has 0 radical (unpaired) electrons. The van der Waals surface area contributed by atoms with Crippen LogP contribution in [0.25, 0.3) is 6.08 Å². The molecule has 0 saturated carbocycles. The summed E-state index contributed by atoms with van der Waals surface area (Å²) in [5, 5.41) is 2.94. The molecule has 1 aromatic carbocycles. The molecule has 0 atom stereocenters. The Morgan fingerprint density at radius 1 is 1.22 bits per heavy atom. The van der Waals surface area contributed by atoms with Gasteiger partial charge in [0.25, 0.3) is 0 Å². The molecule has 2 amide bonds. The Morgan fingerprint density at radius 2 is 1.93 bits per heavy atom. The first-order valence-corrected chi connectivity index (χ1v) is 9.17. The maximum atomic E-state index is 12.6. The molecule has 3 rings (SSSR count). The first kappa shape index (κ1) is 19.2. The van der Waals surface area contributed by atoms with Crippen molar-refractivity contribution in [3.63, 3.8) is 0 Å². The molecule has 1 aromatic rings. The molecular formula is C20H26N2O5. The van der Waals surface area contributed by atoms with E-state index in [2.05, 4.69) is 5.32 Å². The van der Waals surface area contributed by atoms with Crippen molar-refractivity contribution < 1.29 is 23.8 Å². The molecule has 0 bridgehead atoms. The second kappa shape index (κ2) is 8.90. The molecule has 1 saturated heterocycles. The van der Waals surface area contributed by atoms with E-state index in [0.717, 1.165) is 37.2 Å². The Bertz CT molecular complexity index is 725. The lowest BCUT2D eigenvalue weighted by Crippen LogP contribution is -2.40. The van der Waals surface area contributed by atoms with Gasteiger partial charge in [-0.25, -0.2) is 0 Å². The predicted molar refractivity (Wildman–Crippen MR) is 101 cm³/mol. The van der Waals surface area contributed by atoms with Gasteiger partial charge in [0.05, 0.1) is 20.6 Å². The number of nitrogens with zero attached hydrogens (tertiary/aromatic N) is 1. The Kier molecular flexibility index (Phi) is 6.34. The fourth-order valence-corrected chi connectivity index (χ4v) is 3.32. The van der Waals surface area contributed by atoms with E-state index in [0.29, 0.717) is 24.0 Å². The van der Waals surface area contributed by atoms with E-state index < -0.39 is 0 Å². The van der Waals surface area contributed by atoms with Gasteiger partial charge in [-0.2, -0.15) is 0 Å². The average molecular weight is 374 g/mol. The van der Waals surface area contributed by atoms with E-state index in [1.807, 2.05) is 18.2 Å². The summed E-state index contributed by atoms with van der Waals surface area (Å²) in [6.07, 6.45) is 5.61. The van der Waals surface area contributed by atoms with Crippen LogP contribution < -0.4 is 14.8 Å². The predicted octanol–water partition coefficient (Wildman–Crippen LogP) is 1.60. The molecule has 2 aliphatic rings. The summed E-state index contributed by atoms with van der Waals surface area (Å²) in [5.74, 6) is 1.36. The second-order valence-corrected chi connectivity index (χ2v) is 6.78. The molecule has 7 nitrogen and oxygen atoms in total. The van der Waals surface area contributed by atoms with Gasteiger partial charge in [0, 0.05) is 26.0 Å². The molecule has 0 aliphatic carbocycles. The molecular weight excluding hydrogens is 348 g/mol. The average Bonchev–Trinajstić information content (AvgIpc) is 2.84. The van der Waals surface area contributed by atoms with Gasteiger partial charge >= 0.3 is 0 Å². The van der Waals surface area contributed by atoms with Gasteiger partial charge in [0.2, 0.25) is 11.8 Å². The van der Waals surface area contributed by atoms with Crippen LogP contribution in [0, 0.1) is 5.92 Å². The van der Waals surface area contributed by atoms with Crippen molar-refractivity contribution in [2.75, 3.05) is 40.5 Å². The third-order valence-corrected chi connectivity index (χ3v) is 4.98. The zero-order valence-corrected chi connectivity index (χ0v) is 15.8. The number of amides is 2. The zero-order valence-electron chi connectivity index (χ0n) is 15.8. The Hall–Kier alpha value is -2.54. The van der Waals surface area contributed by atoms with Crippen molar-refractivity contribution in [2.24, 2.45) is 5.92 Å². The van der Waals surface area contributed by atoms with E-state index in [1.165, 1.54) is 4.90 Å². The fourth-order valence-electron chi connectivity index (χ4n) is 3.32. The smallest absolute Gasteiger partial charge is 0.240 e. The van der Waals surface area contributed by atoms with Crippen LogP contribution in [0.1, 0.15) is 24.0 Å². The molecule has 0 spiro atoms. The highest BCUT2D eigenvalue weighted by Crippen LogP contribution is 2.32. The summed E-state index contributed by atoms with van der Waals surface area (Å²) < 4.78 is 16.0. The third kappa shape index (κ3) is 4.80. The number of carbonyl (C=O) groups is 2. The van der Waals surface area contributed by atoms with Crippen molar-refractivity contribution in [1.29, 1.82) is 0 Å². The van der Waals surface area contributed by atoms with Crippen molar-refractivity contribution in [1.82, 2.24) is 10.2 Å². The van der Waals surface area contributed by atoms with Crippen LogP contribution in [-0.4, -0.2) is 57.2 Å². The monoisotopic (exact) mass is 374 g/mol. The number of ether oxygens (including phenoxy) is 3. The first-order valence-electron chi connectivity index (χ1n) is 9.17. The van der Waals surface area contributed by atoms with Gasteiger partial charge in [-0.3, -0.25) is 9.59 Å². The van der Waals surface area contributed by atoms with Crippen LogP contribution in [0.4, 0.5) is 0 Å². The van der Waals surface area contributed by atoms with E-state index in [-0.39, 0.29) is 24.8 Å². The number of methoxy groups -OCH3 is 2. The summed E-state index contributed by atoms with van der Waals surface area (Å²) >= 11 is 0. The van der Waals surface area contributed by atoms with E-state index in [4.69, 9.17) is 14.2 Å². The lowest BCUT2D eigenvalue weighted by Gasteiger charge is -2.23. The van der Waals surface area contributed by atoms with Gasteiger partial charge in [-0.05, 0) is 48.1 Å². The molecule has 27 heavy (non-hydrogen) atoms. The molecule has 2 heterocycles. The van der Waals surface area contributed by atoms with E-state index in [1.54, 1.807) is 20.4 Å². The van der Waals surface area contributed by atoms with E-state index in [9.17, 15) is 9.59 Å². The zero-order chi connectivity index (χ0) is 19.2. The summed E-state index contributed by atoms with van der Waals surface area (Å²) in [6, 6.07) is 3.65. The van der Waals surface area contributed by atoms with Crippen LogP contribution in [0.5, 0.6) is 11.5 Å². The van der Waals surface area contributed by atoms with Gasteiger partial charge < -0.3 is 24.4 Å². The molecule has 7 heteroatoms. The number of benzene rings is 1. The normalized spacial score (nSPS) is 17.3. The summed E-state index contributed by atoms with van der Waals surface area (Å²) in [4.78, 5) is 26.3. The number of hydrogen-bond acceptors (Lipinski definition) is 5. The lowest BCUT2D eigenvalue weighted by molar-refractivity contribution is -0.133. The largest absolute Gasteiger partial charge is 0.493 e. The van der Waals surface area contributed by atoms with Crippen LogP contribution in [0.3, 0.4) is 0 Å². The van der Waals surface area contributed by atoms with Crippen molar-refractivity contribution in [3.05, 3.63) is 29.5 Å². The fraction of sp³-hybridized carbons (Fsp3) is 0.500. The topological polar surface area (TPSA) is 77.1 Å². The Balaban J connectivity index is 1.62. The van der Waals surface area contributed by atoms with Gasteiger partial charge in [0.1, 0.15) is 6.54 Å². The van der Waals surface area contributed by atoms with Crippen molar-refractivity contribution in [2.45, 2.75) is 19.3 Å². The SMILES string of the molecule is COc1cc2c(cc1OC)CC(=O)N(CC(=O)NCC1CCOCC1)C=C2. The first-order chi connectivity index (χ1) is 13.1. The molecule has 146 valence electrons. The molecule has 1 fully saturated rings. The van der Waals surface area contributed by atoms with Crippen LogP contribution in [0.15, 0.2) is 18.3 Å². The summed E-state index contributed by atoms with van der Waals surface area (Å²) in [5.41, 5.74) is 1.73. The molecule has 1 N–H and O–H groups in total. The number of carbonyl (C=O) groups excluding carboxylic acids is 2. The molecule has 0 aromatic heterocycles. The third-order valence-electron chi connectivity index (χ3n) is 4.98. The number of nitrogens with one attached hydrogen (secondary N) is 1. The van der Waals surface area contributed by atoms with Gasteiger partial charge in [0.15, 0.2) is 11.5 Å². The highest BCUT2D eigenvalue weighted by atomic mass is 16.5. The Morgan fingerprint density at radius 3 is 2.63 bits per heavy atom. The molecule has 2 aliphatic heterocycles. The number of rotatable bonds is 6. The van der Waals surface area contributed by atoms with Crippen LogP contribution in [0.2, 0.25) is 0 Å². The maximum absolute atomic E-state index is 12.6. The lowest BCUT2D eigenvalue weighted by atomic mass is 10.0. The minimum Gasteiger partial charge on any atom is -0.493 e. The van der Waals surface area contributed by atoms with Crippen LogP contribution in [-0.2, 0) is 20.7 Å². The van der Waals surface area contributed by atoms with Crippen molar-refractivity contribution >= 4 is 17.9 Å². The number of fused-ring (bicyclic) bond motifs is 1. The number of hydrogen-bond donors (Lipinski definition) is 1. The highest BCUT2D eigenvalue weighted by Gasteiger charge is 2.22. The van der Waals surface area contributed by atoms with E-state index >= 15 is 0 Å². The second-order valence-electron chi connectivity index (χ2n) is 6.78. The minimum atomic E-state index is -0.152. The summed E-state index contributed by atoms with van der Waals surface area (Å²) in [7, 11) is 3.14. The standard InChI is InChI=1S/C20H26N2O5/c1-25-17-9-15-3-6-22(20(24)11-16(15)10-18(17)26-2)13-19(23)21-12-14-4-7-27-8-5-14/h3,6,9-10,14H,4-5,7-8,11-13H2,1-2H3,(H,21,23). The Labute approximate surface area is 159 Å². The highest BCUT2D eigenvalue weighted by molar-refractivity contribution is 5.89. The van der Waals surface area contributed by atoms with Gasteiger partial charge in [-0.15, -0.1) is 0 Å². The summed E-state index contributed by atoms with van der Waals surface area (Å²) in [6.45, 7) is 2.14. The minimum absolute atomic E-state index is 0.0147. The van der Waals surface area contributed by atoms with Crippen LogP contribution >= 0.6 is 0 Å². The molecule has 0 unspecified atom stereocenters. The van der Waals surface area contributed by atoms with Crippen molar-refractivity contribution in [3.8, 4) is 11.5 Å². The quantitative estimate of drug-likeness (QED) is 0.819. The van der Waals surface area contributed by atoms with Gasteiger partial charge in [-0.1, -0.05) is 0 Å².